The summed E-state index contributed by atoms with van der Waals surface area (Å²) in [6.45, 7) is 2.92. The molecule has 0 unspecified atom stereocenters. The van der Waals surface area contributed by atoms with Gasteiger partial charge in [-0.2, -0.15) is 0 Å². The summed E-state index contributed by atoms with van der Waals surface area (Å²) in [5, 5.41) is 8.34. The number of carboxylic acids is 1. The van der Waals surface area contributed by atoms with Crippen molar-refractivity contribution in [3.05, 3.63) is 23.8 Å². The minimum Gasteiger partial charge on any atom is -0.480 e. The highest BCUT2D eigenvalue weighted by Crippen LogP contribution is 2.09. The van der Waals surface area contributed by atoms with E-state index in [4.69, 9.17) is 14.6 Å². The smallest absolute Gasteiger partial charge is 0.329 e. The molecule has 0 aromatic rings. The number of likely N-dealkylation sites (N-methyl/N-ethyl adjacent to an activating group) is 1. The van der Waals surface area contributed by atoms with E-state index < -0.39 is 5.97 Å². The van der Waals surface area contributed by atoms with Crippen molar-refractivity contribution in [3.63, 3.8) is 0 Å². The number of hydrogen-bond acceptors (Lipinski definition) is 4. The number of aliphatic carboxylic acids is 1. The monoisotopic (exact) mass is 255 g/mol. The van der Waals surface area contributed by atoms with Crippen molar-refractivity contribution in [3.8, 4) is 0 Å². The van der Waals surface area contributed by atoms with Crippen LogP contribution in [0.2, 0.25) is 0 Å². The molecule has 0 amide bonds. The first-order chi connectivity index (χ1) is 8.68. The molecule has 0 saturated carbocycles. The Morgan fingerprint density at radius 2 is 2.17 bits per heavy atom. The lowest BCUT2D eigenvalue weighted by molar-refractivity contribution is -0.142. The first kappa shape index (κ1) is 14.9. The third-order valence-electron chi connectivity index (χ3n) is 2.52. The van der Waals surface area contributed by atoms with E-state index >= 15 is 0 Å². The van der Waals surface area contributed by atoms with Crippen LogP contribution in [0.25, 0.3) is 0 Å². The molecule has 0 bridgehead atoms. The number of carbonyl (C=O) groups is 1. The van der Waals surface area contributed by atoms with Gasteiger partial charge in [-0.3, -0.25) is 4.90 Å². The van der Waals surface area contributed by atoms with Crippen molar-refractivity contribution in [2.75, 3.05) is 46.6 Å². The first-order valence-electron chi connectivity index (χ1n) is 6.10. The fourth-order valence-corrected chi connectivity index (χ4v) is 1.61. The maximum absolute atomic E-state index is 10.2. The zero-order valence-corrected chi connectivity index (χ0v) is 10.8. The molecule has 0 heterocycles. The second-order valence-corrected chi connectivity index (χ2v) is 4.21. The average Bonchev–Trinajstić information content (AvgIpc) is 2.80. The zero-order chi connectivity index (χ0) is 13.2. The summed E-state index contributed by atoms with van der Waals surface area (Å²) in [4.78, 5) is 12.4. The Morgan fingerprint density at radius 1 is 1.39 bits per heavy atom. The predicted molar refractivity (Wildman–Crippen MR) is 68.6 cm³/mol. The number of rotatable bonds is 10. The van der Waals surface area contributed by atoms with Crippen LogP contribution in [0.4, 0.5) is 0 Å². The molecular weight excluding hydrogens is 234 g/mol. The molecule has 18 heavy (non-hydrogen) atoms. The van der Waals surface area contributed by atoms with Crippen molar-refractivity contribution in [1.29, 1.82) is 0 Å². The topological polar surface area (TPSA) is 59.0 Å². The molecule has 1 aliphatic carbocycles. The van der Waals surface area contributed by atoms with E-state index in [1.165, 1.54) is 5.57 Å². The van der Waals surface area contributed by atoms with E-state index in [2.05, 4.69) is 30.2 Å². The van der Waals surface area contributed by atoms with E-state index in [1.54, 1.807) is 0 Å². The Kier molecular flexibility index (Phi) is 7.32. The average molecular weight is 255 g/mol. The Hall–Kier alpha value is -1.17. The van der Waals surface area contributed by atoms with Gasteiger partial charge in [-0.1, -0.05) is 18.2 Å². The molecule has 1 rings (SSSR count). The van der Waals surface area contributed by atoms with Gasteiger partial charge in [0.15, 0.2) is 0 Å². The highest BCUT2D eigenvalue weighted by molar-refractivity contribution is 5.67. The van der Waals surface area contributed by atoms with E-state index in [0.29, 0.717) is 19.8 Å². The molecule has 0 spiro atoms. The molecule has 0 fully saturated rings. The molecule has 5 nitrogen and oxygen atoms in total. The van der Waals surface area contributed by atoms with Crippen molar-refractivity contribution in [2.45, 2.75) is 6.42 Å². The van der Waals surface area contributed by atoms with Crippen LogP contribution in [-0.2, 0) is 14.3 Å². The second kappa shape index (κ2) is 8.85. The summed E-state index contributed by atoms with van der Waals surface area (Å²) in [6.07, 6.45) is 7.56. The summed E-state index contributed by atoms with van der Waals surface area (Å²) >= 11 is 0. The van der Waals surface area contributed by atoms with Crippen LogP contribution in [0.5, 0.6) is 0 Å². The largest absolute Gasteiger partial charge is 0.480 e. The molecule has 5 heteroatoms. The third-order valence-corrected chi connectivity index (χ3v) is 2.52. The number of nitrogens with zero attached hydrogens (tertiary/aromatic N) is 1. The van der Waals surface area contributed by atoms with E-state index in [0.717, 1.165) is 19.5 Å². The quantitative estimate of drug-likeness (QED) is 0.588. The Bertz CT molecular complexity index is 312. The first-order valence-corrected chi connectivity index (χ1v) is 6.10. The normalized spacial score (nSPS) is 14.2. The van der Waals surface area contributed by atoms with Crippen LogP contribution < -0.4 is 0 Å². The second-order valence-electron chi connectivity index (χ2n) is 4.21. The van der Waals surface area contributed by atoms with Crippen molar-refractivity contribution in [1.82, 2.24) is 4.90 Å². The highest BCUT2D eigenvalue weighted by atomic mass is 16.5. The van der Waals surface area contributed by atoms with Crippen LogP contribution in [0.1, 0.15) is 6.42 Å². The van der Waals surface area contributed by atoms with Crippen molar-refractivity contribution >= 4 is 5.97 Å². The van der Waals surface area contributed by atoms with Gasteiger partial charge in [-0.05, 0) is 19.0 Å². The molecule has 0 aliphatic heterocycles. The summed E-state index contributed by atoms with van der Waals surface area (Å²) < 4.78 is 10.2. The third kappa shape index (κ3) is 7.21. The Balaban J connectivity index is 1.90. The summed E-state index contributed by atoms with van der Waals surface area (Å²) in [6, 6.07) is 0. The van der Waals surface area contributed by atoms with E-state index in [9.17, 15) is 4.79 Å². The van der Waals surface area contributed by atoms with Gasteiger partial charge in [-0.25, -0.2) is 4.79 Å². The highest BCUT2D eigenvalue weighted by Gasteiger charge is 2.03. The Morgan fingerprint density at radius 3 is 2.83 bits per heavy atom. The fourth-order valence-electron chi connectivity index (χ4n) is 1.61. The molecule has 1 aliphatic rings. The lowest BCUT2D eigenvalue weighted by Gasteiger charge is -2.16. The van der Waals surface area contributed by atoms with Gasteiger partial charge >= 0.3 is 5.97 Å². The van der Waals surface area contributed by atoms with Gasteiger partial charge in [-0.15, -0.1) is 0 Å². The molecule has 0 atom stereocenters. The van der Waals surface area contributed by atoms with Gasteiger partial charge < -0.3 is 14.6 Å². The molecule has 1 N–H and O–H groups in total. The van der Waals surface area contributed by atoms with Gasteiger partial charge in [0.05, 0.1) is 19.8 Å². The van der Waals surface area contributed by atoms with E-state index in [1.807, 2.05) is 0 Å². The SMILES string of the molecule is CN(CCOCCOCC(=O)O)CC1=CCC=C1. The van der Waals surface area contributed by atoms with Gasteiger partial charge in [0.1, 0.15) is 6.61 Å². The molecular formula is C13H21NO4. The lowest BCUT2D eigenvalue weighted by atomic mass is 10.3. The van der Waals surface area contributed by atoms with Crippen LogP contribution in [0.15, 0.2) is 23.8 Å². The fraction of sp³-hybridized carbons (Fsp3) is 0.615. The summed E-state index contributed by atoms with van der Waals surface area (Å²) in [5.74, 6) is -0.951. The van der Waals surface area contributed by atoms with Crippen molar-refractivity contribution < 1.29 is 19.4 Å². The van der Waals surface area contributed by atoms with Crippen LogP contribution in [-0.4, -0.2) is 62.5 Å². The zero-order valence-electron chi connectivity index (χ0n) is 10.8. The maximum Gasteiger partial charge on any atom is 0.329 e. The maximum atomic E-state index is 10.2. The lowest BCUT2D eigenvalue weighted by Crippen LogP contribution is -2.25. The summed E-state index contributed by atoms with van der Waals surface area (Å²) in [5.41, 5.74) is 1.35. The number of allylic oxidation sites excluding steroid dienone is 2. The minimum absolute atomic E-state index is 0.260. The molecule has 102 valence electrons. The van der Waals surface area contributed by atoms with Crippen molar-refractivity contribution in [2.24, 2.45) is 0 Å². The molecule has 0 aromatic heterocycles. The predicted octanol–water partition coefficient (Wildman–Crippen LogP) is 0.922. The molecule has 0 radical (unpaired) electrons. The van der Waals surface area contributed by atoms with Gasteiger partial charge in [0.2, 0.25) is 0 Å². The van der Waals surface area contributed by atoms with E-state index in [-0.39, 0.29) is 6.61 Å². The molecule has 0 saturated heterocycles. The standard InChI is InChI=1S/C13H21NO4/c1-14(10-12-4-2-3-5-12)6-7-17-8-9-18-11-13(15)16/h2,4-5H,3,6-11H2,1H3,(H,15,16). The number of hydrogen-bond donors (Lipinski definition) is 1. The number of ether oxygens (including phenoxy) is 2. The van der Waals surface area contributed by atoms with Crippen LogP contribution >= 0.6 is 0 Å². The molecule has 0 aromatic carbocycles. The van der Waals surface area contributed by atoms with Gasteiger partial charge in [0.25, 0.3) is 0 Å². The minimum atomic E-state index is -0.951. The van der Waals surface area contributed by atoms with Crippen LogP contribution in [0.3, 0.4) is 0 Å². The number of carboxylic acid groups (broad SMARTS) is 1. The van der Waals surface area contributed by atoms with Crippen LogP contribution in [0, 0.1) is 0 Å². The van der Waals surface area contributed by atoms with Gasteiger partial charge in [0, 0.05) is 13.1 Å². The Labute approximate surface area is 108 Å². The summed E-state index contributed by atoms with van der Waals surface area (Å²) in [7, 11) is 2.05.